The van der Waals surface area contributed by atoms with Gasteiger partial charge in [-0.25, -0.2) is 0 Å². The van der Waals surface area contributed by atoms with Crippen molar-refractivity contribution in [3.63, 3.8) is 0 Å². The van der Waals surface area contributed by atoms with Gasteiger partial charge in [-0.3, -0.25) is 0 Å². The summed E-state index contributed by atoms with van der Waals surface area (Å²) in [6.45, 7) is 1.90. The van der Waals surface area contributed by atoms with Crippen molar-refractivity contribution in [1.29, 1.82) is 0 Å². The molecule has 1 aromatic carbocycles. The van der Waals surface area contributed by atoms with Crippen LogP contribution in [0.2, 0.25) is 5.02 Å². The monoisotopic (exact) mass is 252 g/mol. The quantitative estimate of drug-likeness (QED) is 0.764. The Morgan fingerprint density at radius 1 is 1.29 bits per heavy atom. The van der Waals surface area contributed by atoms with Crippen molar-refractivity contribution in [2.75, 3.05) is 13.1 Å². The highest BCUT2D eigenvalue weighted by atomic mass is 35.5. The molecule has 0 aromatic heterocycles. The Labute approximate surface area is 109 Å². The van der Waals surface area contributed by atoms with Crippen LogP contribution in [0.5, 0.6) is 0 Å². The number of halogens is 1. The molecular weight excluding hydrogens is 232 g/mol. The molecule has 1 aliphatic carbocycles. The average molecular weight is 253 g/mol. The topological polar surface area (TPSA) is 38.0 Å². The standard InChI is InChI=1S/C14H21ClN2/c15-13-5-3-4-11(8-13)12-9-14(10-12)17-7-2-1-6-16/h3-5,8,12,14,17H,1-2,6-7,9-10,16H2. The summed E-state index contributed by atoms with van der Waals surface area (Å²) in [7, 11) is 0. The fourth-order valence-electron chi connectivity index (χ4n) is 2.39. The van der Waals surface area contributed by atoms with Gasteiger partial charge >= 0.3 is 0 Å². The zero-order valence-corrected chi connectivity index (χ0v) is 10.9. The summed E-state index contributed by atoms with van der Waals surface area (Å²) >= 11 is 6.00. The van der Waals surface area contributed by atoms with Crippen LogP contribution in [0.3, 0.4) is 0 Å². The van der Waals surface area contributed by atoms with Gasteiger partial charge in [0.25, 0.3) is 0 Å². The number of nitrogens with one attached hydrogen (secondary N) is 1. The van der Waals surface area contributed by atoms with E-state index >= 15 is 0 Å². The van der Waals surface area contributed by atoms with E-state index in [2.05, 4.69) is 17.4 Å². The number of hydrogen-bond acceptors (Lipinski definition) is 2. The van der Waals surface area contributed by atoms with E-state index in [1.54, 1.807) is 0 Å². The van der Waals surface area contributed by atoms with E-state index < -0.39 is 0 Å². The van der Waals surface area contributed by atoms with Crippen LogP contribution in [0.4, 0.5) is 0 Å². The fraction of sp³-hybridized carbons (Fsp3) is 0.571. The minimum atomic E-state index is 0.691. The van der Waals surface area contributed by atoms with Crippen molar-refractivity contribution < 1.29 is 0 Å². The van der Waals surface area contributed by atoms with Crippen LogP contribution in [0, 0.1) is 0 Å². The second kappa shape index (κ2) is 6.39. The van der Waals surface area contributed by atoms with Crippen LogP contribution >= 0.6 is 11.6 Å². The average Bonchev–Trinajstić information content (AvgIpc) is 2.26. The first-order valence-electron chi connectivity index (χ1n) is 6.48. The third kappa shape index (κ3) is 3.70. The lowest BCUT2D eigenvalue weighted by Crippen LogP contribution is -2.40. The Morgan fingerprint density at radius 3 is 2.82 bits per heavy atom. The molecule has 94 valence electrons. The third-order valence-electron chi connectivity index (χ3n) is 3.52. The van der Waals surface area contributed by atoms with Gasteiger partial charge in [-0.2, -0.15) is 0 Å². The van der Waals surface area contributed by atoms with E-state index in [9.17, 15) is 0 Å². The molecule has 0 unspecified atom stereocenters. The van der Waals surface area contributed by atoms with Crippen molar-refractivity contribution in [3.05, 3.63) is 34.9 Å². The molecule has 0 bridgehead atoms. The third-order valence-corrected chi connectivity index (χ3v) is 3.76. The van der Waals surface area contributed by atoms with Crippen molar-refractivity contribution in [3.8, 4) is 0 Å². The second-order valence-corrected chi connectivity index (χ2v) is 5.31. The molecule has 1 fully saturated rings. The molecule has 3 N–H and O–H groups in total. The molecule has 0 amide bonds. The molecule has 1 aromatic rings. The maximum Gasteiger partial charge on any atom is 0.0408 e. The molecule has 0 heterocycles. The predicted molar refractivity (Wildman–Crippen MR) is 73.5 cm³/mol. The smallest absolute Gasteiger partial charge is 0.0408 e. The van der Waals surface area contributed by atoms with Gasteiger partial charge in [0.15, 0.2) is 0 Å². The highest BCUT2D eigenvalue weighted by molar-refractivity contribution is 6.30. The lowest BCUT2D eigenvalue weighted by atomic mass is 9.76. The Kier molecular flexibility index (Phi) is 4.84. The Hall–Kier alpha value is -0.570. The van der Waals surface area contributed by atoms with Crippen molar-refractivity contribution in [2.45, 2.75) is 37.6 Å². The molecule has 0 aliphatic heterocycles. The molecule has 0 saturated heterocycles. The molecule has 1 aliphatic rings. The minimum Gasteiger partial charge on any atom is -0.330 e. The van der Waals surface area contributed by atoms with E-state index in [0.717, 1.165) is 24.5 Å². The highest BCUT2D eigenvalue weighted by Crippen LogP contribution is 2.37. The number of benzene rings is 1. The molecule has 0 spiro atoms. The fourth-order valence-corrected chi connectivity index (χ4v) is 2.59. The maximum atomic E-state index is 6.00. The molecule has 3 heteroatoms. The second-order valence-electron chi connectivity index (χ2n) is 4.87. The van der Waals surface area contributed by atoms with Crippen LogP contribution in [0.1, 0.15) is 37.2 Å². The van der Waals surface area contributed by atoms with E-state index in [1.165, 1.54) is 24.8 Å². The first kappa shape index (κ1) is 12.9. The summed E-state index contributed by atoms with van der Waals surface area (Å²) in [6.07, 6.45) is 4.79. The van der Waals surface area contributed by atoms with Gasteiger partial charge in [-0.05, 0) is 62.4 Å². The van der Waals surface area contributed by atoms with E-state index in [4.69, 9.17) is 17.3 Å². The van der Waals surface area contributed by atoms with Gasteiger partial charge in [0.1, 0.15) is 0 Å². The molecular formula is C14H21ClN2. The molecule has 17 heavy (non-hydrogen) atoms. The van der Waals surface area contributed by atoms with E-state index in [0.29, 0.717) is 12.0 Å². The first-order valence-corrected chi connectivity index (χ1v) is 6.86. The van der Waals surface area contributed by atoms with E-state index in [-0.39, 0.29) is 0 Å². The normalized spacial score (nSPS) is 23.4. The van der Waals surface area contributed by atoms with Crippen LogP contribution in [-0.4, -0.2) is 19.1 Å². The SMILES string of the molecule is NCCCCNC1CC(c2cccc(Cl)c2)C1. The maximum absolute atomic E-state index is 6.00. The lowest BCUT2D eigenvalue weighted by molar-refractivity contribution is 0.290. The number of rotatable bonds is 6. The lowest BCUT2D eigenvalue weighted by Gasteiger charge is -2.36. The Morgan fingerprint density at radius 2 is 2.12 bits per heavy atom. The van der Waals surface area contributed by atoms with Crippen molar-refractivity contribution in [2.24, 2.45) is 5.73 Å². The number of nitrogens with two attached hydrogens (primary N) is 1. The highest BCUT2D eigenvalue weighted by Gasteiger charge is 2.29. The number of unbranched alkanes of at least 4 members (excludes halogenated alkanes) is 1. The van der Waals surface area contributed by atoms with Gasteiger partial charge in [0.05, 0.1) is 0 Å². The van der Waals surface area contributed by atoms with Crippen LogP contribution in [-0.2, 0) is 0 Å². The molecule has 1 saturated carbocycles. The summed E-state index contributed by atoms with van der Waals surface area (Å²) in [6, 6.07) is 8.95. The molecule has 2 nitrogen and oxygen atoms in total. The largest absolute Gasteiger partial charge is 0.330 e. The molecule has 2 rings (SSSR count). The molecule has 0 radical (unpaired) electrons. The zero-order valence-electron chi connectivity index (χ0n) is 10.2. The van der Waals surface area contributed by atoms with Crippen molar-refractivity contribution >= 4 is 11.6 Å². The minimum absolute atomic E-state index is 0.691. The summed E-state index contributed by atoms with van der Waals surface area (Å²) < 4.78 is 0. The van der Waals surface area contributed by atoms with Gasteiger partial charge in [-0.15, -0.1) is 0 Å². The molecule has 0 atom stereocenters. The van der Waals surface area contributed by atoms with Gasteiger partial charge in [-0.1, -0.05) is 23.7 Å². The van der Waals surface area contributed by atoms with E-state index in [1.807, 2.05) is 12.1 Å². The van der Waals surface area contributed by atoms with Crippen LogP contribution in [0.15, 0.2) is 24.3 Å². The number of hydrogen-bond donors (Lipinski definition) is 2. The summed E-state index contributed by atoms with van der Waals surface area (Å²) in [5.41, 5.74) is 6.85. The van der Waals surface area contributed by atoms with Crippen LogP contribution in [0.25, 0.3) is 0 Å². The summed E-state index contributed by atoms with van der Waals surface area (Å²) in [5.74, 6) is 0.695. The first-order chi connectivity index (χ1) is 8.29. The Bertz CT molecular complexity index is 348. The predicted octanol–water partition coefficient (Wildman–Crippen LogP) is 2.91. The Balaban J connectivity index is 1.68. The van der Waals surface area contributed by atoms with Crippen molar-refractivity contribution in [1.82, 2.24) is 5.32 Å². The van der Waals surface area contributed by atoms with Gasteiger partial charge in [0, 0.05) is 11.1 Å². The summed E-state index contributed by atoms with van der Waals surface area (Å²) in [4.78, 5) is 0. The zero-order chi connectivity index (χ0) is 12.1. The van der Waals surface area contributed by atoms with Crippen LogP contribution < -0.4 is 11.1 Å². The van der Waals surface area contributed by atoms with Gasteiger partial charge in [0.2, 0.25) is 0 Å². The van der Waals surface area contributed by atoms with Gasteiger partial charge < -0.3 is 11.1 Å². The summed E-state index contributed by atoms with van der Waals surface area (Å²) in [5, 5.41) is 4.43.